The first-order valence-corrected chi connectivity index (χ1v) is 7.00. The Morgan fingerprint density at radius 3 is 2.44 bits per heavy atom. The van der Waals surface area contributed by atoms with Crippen LogP contribution in [0, 0.1) is 13.8 Å². The van der Waals surface area contributed by atoms with Gasteiger partial charge in [0.25, 0.3) is 0 Å². The summed E-state index contributed by atoms with van der Waals surface area (Å²) in [6.07, 6.45) is 0. The molecule has 0 aliphatic carbocycles. The maximum atomic E-state index is 11.7. The summed E-state index contributed by atoms with van der Waals surface area (Å²) in [6, 6.07) is 6.10. The molecule has 0 amide bonds. The second-order valence-corrected chi connectivity index (χ2v) is 6.60. The Morgan fingerprint density at radius 2 is 1.94 bits per heavy atom. The van der Waals surface area contributed by atoms with Gasteiger partial charge in [-0.15, -0.1) is 0 Å². The lowest BCUT2D eigenvalue weighted by Crippen LogP contribution is -2.23. The van der Waals surface area contributed by atoms with Crippen molar-refractivity contribution < 1.29 is 4.21 Å². The highest BCUT2D eigenvalue weighted by atomic mass is 32.2. The predicted molar refractivity (Wildman–Crippen MR) is 71.0 cm³/mol. The molecule has 0 bridgehead atoms. The largest absolute Gasteiger partial charge is 0.323 e. The minimum absolute atomic E-state index is 0.121. The van der Waals surface area contributed by atoms with E-state index in [9.17, 15) is 4.21 Å². The van der Waals surface area contributed by atoms with Crippen LogP contribution in [0.2, 0.25) is 0 Å². The van der Waals surface area contributed by atoms with Gasteiger partial charge in [0.15, 0.2) is 0 Å². The van der Waals surface area contributed by atoms with E-state index in [0.717, 1.165) is 5.56 Å². The molecule has 90 valence electrons. The number of nitrogens with two attached hydrogens (primary N) is 1. The van der Waals surface area contributed by atoms with E-state index < -0.39 is 10.8 Å². The lowest BCUT2D eigenvalue weighted by Gasteiger charge is -2.16. The summed E-state index contributed by atoms with van der Waals surface area (Å²) < 4.78 is 11.7. The third-order valence-corrected chi connectivity index (χ3v) is 4.43. The summed E-state index contributed by atoms with van der Waals surface area (Å²) in [5.74, 6) is 0.543. The standard InChI is InChI=1S/C13H21NOS/c1-9(2)16(15)8-13(14)12-6-5-10(3)7-11(12)4/h5-7,9,13H,8,14H2,1-4H3. The van der Waals surface area contributed by atoms with E-state index in [-0.39, 0.29) is 11.3 Å². The average Bonchev–Trinajstić information content (AvgIpc) is 2.16. The Bertz CT molecular complexity index is 388. The summed E-state index contributed by atoms with van der Waals surface area (Å²) in [6.45, 7) is 8.05. The molecule has 0 radical (unpaired) electrons. The van der Waals surface area contributed by atoms with E-state index in [1.165, 1.54) is 11.1 Å². The molecule has 0 saturated carbocycles. The van der Waals surface area contributed by atoms with Crippen LogP contribution in [-0.4, -0.2) is 15.2 Å². The molecule has 1 aromatic carbocycles. The van der Waals surface area contributed by atoms with Crippen molar-refractivity contribution in [3.8, 4) is 0 Å². The normalized spacial score (nSPS) is 15.1. The summed E-state index contributed by atoms with van der Waals surface area (Å²) in [5, 5.41) is 0.178. The molecule has 2 atom stereocenters. The molecule has 0 aliphatic rings. The van der Waals surface area contributed by atoms with Crippen molar-refractivity contribution in [3.63, 3.8) is 0 Å². The van der Waals surface area contributed by atoms with Crippen molar-refractivity contribution in [2.75, 3.05) is 5.75 Å². The topological polar surface area (TPSA) is 43.1 Å². The van der Waals surface area contributed by atoms with Crippen LogP contribution < -0.4 is 5.73 Å². The zero-order chi connectivity index (χ0) is 12.3. The SMILES string of the molecule is Cc1ccc(C(N)CS(=O)C(C)C)c(C)c1. The van der Waals surface area contributed by atoms with Gasteiger partial charge in [0.05, 0.1) is 0 Å². The number of rotatable bonds is 4. The molecule has 2 N–H and O–H groups in total. The number of hydrogen-bond acceptors (Lipinski definition) is 2. The Balaban J connectivity index is 2.80. The lowest BCUT2D eigenvalue weighted by molar-refractivity contribution is 0.668. The molecule has 1 aromatic rings. The van der Waals surface area contributed by atoms with E-state index >= 15 is 0 Å². The van der Waals surface area contributed by atoms with Crippen LogP contribution in [0.15, 0.2) is 18.2 Å². The van der Waals surface area contributed by atoms with Gasteiger partial charge in [-0.25, -0.2) is 0 Å². The van der Waals surface area contributed by atoms with Gasteiger partial charge in [0, 0.05) is 27.8 Å². The van der Waals surface area contributed by atoms with Crippen molar-refractivity contribution in [2.24, 2.45) is 5.73 Å². The molecule has 2 unspecified atom stereocenters. The van der Waals surface area contributed by atoms with Gasteiger partial charge in [0.2, 0.25) is 0 Å². The number of hydrogen-bond donors (Lipinski definition) is 1. The van der Waals surface area contributed by atoms with Crippen LogP contribution in [0.3, 0.4) is 0 Å². The summed E-state index contributed by atoms with van der Waals surface area (Å²) in [4.78, 5) is 0. The minimum Gasteiger partial charge on any atom is -0.323 e. The van der Waals surface area contributed by atoms with Gasteiger partial charge < -0.3 is 5.73 Å². The molecule has 3 heteroatoms. The Kier molecular flexibility index (Phi) is 4.69. The van der Waals surface area contributed by atoms with E-state index in [1.807, 2.05) is 19.9 Å². The van der Waals surface area contributed by atoms with E-state index in [4.69, 9.17) is 5.73 Å². The van der Waals surface area contributed by atoms with E-state index in [0.29, 0.717) is 5.75 Å². The molecule has 0 aliphatic heterocycles. The van der Waals surface area contributed by atoms with Crippen molar-refractivity contribution >= 4 is 10.8 Å². The van der Waals surface area contributed by atoms with Crippen molar-refractivity contribution in [3.05, 3.63) is 34.9 Å². The van der Waals surface area contributed by atoms with Crippen LogP contribution in [0.5, 0.6) is 0 Å². The molecule has 1 rings (SSSR count). The van der Waals surface area contributed by atoms with E-state index in [2.05, 4.69) is 26.0 Å². The van der Waals surface area contributed by atoms with Gasteiger partial charge in [-0.1, -0.05) is 37.6 Å². The molecular weight excluding hydrogens is 218 g/mol. The van der Waals surface area contributed by atoms with Gasteiger partial charge in [0.1, 0.15) is 0 Å². The molecule has 0 aromatic heterocycles. The fraction of sp³-hybridized carbons (Fsp3) is 0.538. The molecule has 0 heterocycles. The Labute approximate surface area is 101 Å². The molecular formula is C13H21NOS. The third kappa shape index (κ3) is 3.42. The summed E-state index contributed by atoms with van der Waals surface area (Å²) in [7, 11) is -0.841. The fourth-order valence-corrected chi connectivity index (χ4v) is 2.62. The van der Waals surface area contributed by atoms with Crippen LogP contribution in [0.4, 0.5) is 0 Å². The zero-order valence-electron chi connectivity index (χ0n) is 10.5. The molecule has 0 fully saturated rings. The maximum Gasteiger partial charge on any atom is 0.0431 e. The Hall–Kier alpha value is -0.670. The number of benzene rings is 1. The minimum atomic E-state index is -0.841. The molecule has 0 saturated heterocycles. The predicted octanol–water partition coefficient (Wildman–Crippen LogP) is 2.46. The van der Waals surface area contributed by atoms with E-state index in [1.54, 1.807) is 0 Å². The van der Waals surface area contributed by atoms with Gasteiger partial charge in [-0.3, -0.25) is 4.21 Å². The van der Waals surface area contributed by atoms with Gasteiger partial charge in [-0.2, -0.15) is 0 Å². The quantitative estimate of drug-likeness (QED) is 0.877. The molecule has 16 heavy (non-hydrogen) atoms. The van der Waals surface area contributed by atoms with Crippen LogP contribution in [0.1, 0.15) is 36.6 Å². The first kappa shape index (κ1) is 13.4. The third-order valence-electron chi connectivity index (χ3n) is 2.69. The highest BCUT2D eigenvalue weighted by molar-refractivity contribution is 7.85. The fourth-order valence-electron chi connectivity index (χ4n) is 1.70. The summed E-state index contributed by atoms with van der Waals surface area (Å²) >= 11 is 0. The zero-order valence-corrected chi connectivity index (χ0v) is 11.3. The number of aryl methyl sites for hydroxylation is 2. The van der Waals surface area contributed by atoms with Crippen molar-refractivity contribution in [1.29, 1.82) is 0 Å². The Morgan fingerprint density at radius 1 is 1.31 bits per heavy atom. The smallest absolute Gasteiger partial charge is 0.0431 e. The first-order valence-electron chi connectivity index (χ1n) is 5.61. The average molecular weight is 239 g/mol. The lowest BCUT2D eigenvalue weighted by atomic mass is 10.0. The monoisotopic (exact) mass is 239 g/mol. The second-order valence-electron chi connectivity index (χ2n) is 4.56. The molecule has 0 spiro atoms. The maximum absolute atomic E-state index is 11.7. The highest BCUT2D eigenvalue weighted by Gasteiger charge is 2.14. The van der Waals surface area contributed by atoms with Gasteiger partial charge in [-0.05, 0) is 25.0 Å². The van der Waals surface area contributed by atoms with Crippen molar-refractivity contribution in [2.45, 2.75) is 39.0 Å². The van der Waals surface area contributed by atoms with Gasteiger partial charge >= 0.3 is 0 Å². The van der Waals surface area contributed by atoms with Crippen LogP contribution in [-0.2, 0) is 10.8 Å². The second kappa shape index (κ2) is 5.60. The highest BCUT2D eigenvalue weighted by Crippen LogP contribution is 2.18. The van der Waals surface area contributed by atoms with Crippen molar-refractivity contribution in [1.82, 2.24) is 0 Å². The first-order chi connectivity index (χ1) is 7.41. The van der Waals surface area contributed by atoms with Crippen LogP contribution >= 0.6 is 0 Å². The summed E-state index contributed by atoms with van der Waals surface area (Å²) in [5.41, 5.74) is 9.63. The molecule has 2 nitrogen and oxygen atoms in total. The van der Waals surface area contributed by atoms with Crippen LogP contribution in [0.25, 0.3) is 0 Å².